The van der Waals surface area contributed by atoms with E-state index in [0.29, 0.717) is 19.4 Å². The fourth-order valence-electron chi connectivity index (χ4n) is 2.19. The van der Waals surface area contributed by atoms with Crippen molar-refractivity contribution >= 4 is 29.6 Å². The van der Waals surface area contributed by atoms with Crippen LogP contribution >= 0.6 is 0 Å². The number of carbonyl (C=O) groups is 3. The van der Waals surface area contributed by atoms with Gasteiger partial charge in [0.1, 0.15) is 17.3 Å². The Labute approximate surface area is 145 Å². The minimum Gasteiger partial charge on any atom is -0.506 e. The number of carbonyl (C=O) groups excluding carboxylic acids is 3. The monoisotopic (exact) mass is 354 g/mol. The summed E-state index contributed by atoms with van der Waals surface area (Å²) in [5.41, 5.74) is 0.239. The summed E-state index contributed by atoms with van der Waals surface area (Å²) >= 11 is 0. The number of nitrogens with one attached hydrogen (secondary N) is 2. The summed E-state index contributed by atoms with van der Waals surface area (Å²) in [6.45, 7) is 1.81. The van der Waals surface area contributed by atoms with Crippen LogP contribution in [0.1, 0.15) is 13.3 Å². The fraction of sp³-hybridized carbons (Fsp3) is 0.438. The first-order valence-electron chi connectivity index (χ1n) is 7.75. The number of phenols is 1. The Balaban J connectivity index is 2.85. The van der Waals surface area contributed by atoms with Gasteiger partial charge in [0.05, 0.1) is 18.8 Å². The van der Waals surface area contributed by atoms with Gasteiger partial charge in [-0.3, -0.25) is 14.4 Å². The number of aromatic hydroxyl groups is 1. The molecule has 138 valence electrons. The SMILES string of the molecule is CCCN(CC(=O)Nc1c(O)cc(F)cc1NC)C(=O)CN(C)C=O. The van der Waals surface area contributed by atoms with E-state index in [4.69, 9.17) is 0 Å². The second-order valence-electron chi connectivity index (χ2n) is 5.48. The summed E-state index contributed by atoms with van der Waals surface area (Å²) in [5, 5.41) is 15.0. The Hall–Kier alpha value is -2.84. The predicted octanol–water partition coefficient (Wildman–Crippen LogP) is 0.838. The average molecular weight is 354 g/mol. The largest absolute Gasteiger partial charge is 0.506 e. The van der Waals surface area contributed by atoms with Crippen molar-refractivity contribution in [2.24, 2.45) is 0 Å². The number of hydrogen-bond acceptors (Lipinski definition) is 5. The van der Waals surface area contributed by atoms with Crippen LogP contribution in [0.15, 0.2) is 12.1 Å². The lowest BCUT2D eigenvalue weighted by molar-refractivity contribution is -0.137. The third-order valence-electron chi connectivity index (χ3n) is 3.36. The van der Waals surface area contributed by atoms with Crippen molar-refractivity contribution in [3.8, 4) is 5.75 Å². The van der Waals surface area contributed by atoms with Gasteiger partial charge in [-0.25, -0.2) is 4.39 Å². The van der Waals surface area contributed by atoms with E-state index in [9.17, 15) is 23.9 Å². The Morgan fingerprint density at radius 2 is 2.00 bits per heavy atom. The first kappa shape index (κ1) is 20.2. The zero-order valence-electron chi connectivity index (χ0n) is 14.5. The van der Waals surface area contributed by atoms with Crippen molar-refractivity contribution in [2.45, 2.75) is 13.3 Å². The molecule has 9 heteroatoms. The van der Waals surface area contributed by atoms with Crippen LogP contribution in [0.4, 0.5) is 15.8 Å². The molecular weight excluding hydrogens is 331 g/mol. The number of amides is 3. The molecule has 25 heavy (non-hydrogen) atoms. The minimum absolute atomic E-state index is 0.0304. The van der Waals surface area contributed by atoms with E-state index < -0.39 is 17.5 Å². The summed E-state index contributed by atoms with van der Waals surface area (Å²) in [6.07, 6.45) is 1.16. The first-order valence-corrected chi connectivity index (χ1v) is 7.75. The highest BCUT2D eigenvalue weighted by molar-refractivity contribution is 5.99. The van der Waals surface area contributed by atoms with E-state index in [2.05, 4.69) is 10.6 Å². The second kappa shape index (κ2) is 9.45. The molecule has 0 aliphatic rings. The molecule has 0 bridgehead atoms. The maximum absolute atomic E-state index is 13.3. The van der Waals surface area contributed by atoms with Crippen molar-refractivity contribution in [1.29, 1.82) is 0 Å². The van der Waals surface area contributed by atoms with Crippen molar-refractivity contribution in [3.05, 3.63) is 17.9 Å². The summed E-state index contributed by atoms with van der Waals surface area (Å²) in [7, 11) is 2.98. The smallest absolute Gasteiger partial charge is 0.244 e. The number of hydrogen-bond donors (Lipinski definition) is 3. The lowest BCUT2D eigenvalue weighted by atomic mass is 10.2. The first-order chi connectivity index (χ1) is 11.8. The molecule has 1 aromatic rings. The van der Waals surface area contributed by atoms with Crippen molar-refractivity contribution in [3.63, 3.8) is 0 Å². The maximum Gasteiger partial charge on any atom is 0.244 e. The van der Waals surface area contributed by atoms with E-state index in [1.807, 2.05) is 6.92 Å². The Bertz CT molecular complexity index is 639. The molecule has 0 spiro atoms. The van der Waals surface area contributed by atoms with Gasteiger partial charge >= 0.3 is 0 Å². The molecule has 3 amide bonds. The lowest BCUT2D eigenvalue weighted by Gasteiger charge is -2.23. The van der Waals surface area contributed by atoms with Gasteiger partial charge in [0.15, 0.2) is 0 Å². The summed E-state index contributed by atoms with van der Waals surface area (Å²) in [6, 6.07) is 2.01. The van der Waals surface area contributed by atoms with Crippen molar-refractivity contribution in [2.75, 3.05) is 44.4 Å². The van der Waals surface area contributed by atoms with Gasteiger partial charge in [-0.1, -0.05) is 6.92 Å². The van der Waals surface area contributed by atoms with E-state index in [-0.39, 0.29) is 30.4 Å². The predicted molar refractivity (Wildman–Crippen MR) is 91.8 cm³/mol. The van der Waals surface area contributed by atoms with E-state index >= 15 is 0 Å². The average Bonchev–Trinajstić information content (AvgIpc) is 2.56. The standard InChI is InChI=1S/C16H23FN4O4/c1-4-5-21(15(25)9-20(3)10-22)8-14(24)19-16-12(18-2)6-11(17)7-13(16)23/h6-7,10,18,23H,4-5,8-9H2,1-3H3,(H,19,24). The van der Waals surface area contributed by atoms with Gasteiger partial charge in [0.25, 0.3) is 0 Å². The highest BCUT2D eigenvalue weighted by Crippen LogP contribution is 2.32. The molecular formula is C16H23FN4O4. The molecule has 0 saturated heterocycles. The molecule has 1 rings (SSSR count). The van der Waals surface area contributed by atoms with Gasteiger partial charge in [0, 0.05) is 26.7 Å². The zero-order valence-corrected chi connectivity index (χ0v) is 14.5. The van der Waals surface area contributed by atoms with E-state index in [1.54, 1.807) is 0 Å². The number of nitrogens with zero attached hydrogens (tertiary/aromatic N) is 2. The van der Waals surface area contributed by atoms with Gasteiger partial charge in [-0.05, 0) is 12.5 Å². The lowest BCUT2D eigenvalue weighted by Crippen LogP contribution is -2.43. The third kappa shape index (κ3) is 5.94. The summed E-state index contributed by atoms with van der Waals surface area (Å²) in [4.78, 5) is 37.5. The van der Waals surface area contributed by atoms with Crippen LogP contribution in [-0.4, -0.2) is 66.9 Å². The Morgan fingerprint density at radius 3 is 2.56 bits per heavy atom. The molecule has 0 aromatic heterocycles. The van der Waals surface area contributed by atoms with Crippen molar-refractivity contribution in [1.82, 2.24) is 9.80 Å². The van der Waals surface area contributed by atoms with Crippen LogP contribution in [0.3, 0.4) is 0 Å². The zero-order chi connectivity index (χ0) is 19.0. The van der Waals surface area contributed by atoms with Gasteiger partial charge in [0.2, 0.25) is 18.2 Å². The maximum atomic E-state index is 13.3. The molecule has 0 aliphatic carbocycles. The van der Waals surface area contributed by atoms with Crippen LogP contribution in [0.2, 0.25) is 0 Å². The minimum atomic E-state index is -0.653. The van der Waals surface area contributed by atoms with Gasteiger partial charge < -0.3 is 25.5 Å². The van der Waals surface area contributed by atoms with E-state index in [0.717, 1.165) is 12.1 Å². The number of likely N-dealkylation sites (N-methyl/N-ethyl adjacent to an activating group) is 1. The highest BCUT2D eigenvalue weighted by Gasteiger charge is 2.19. The summed E-state index contributed by atoms with van der Waals surface area (Å²) in [5.74, 6) is -2.00. The van der Waals surface area contributed by atoms with Crippen LogP contribution in [0.25, 0.3) is 0 Å². The van der Waals surface area contributed by atoms with Crippen LogP contribution in [0, 0.1) is 5.82 Å². The molecule has 0 fully saturated rings. The quantitative estimate of drug-likeness (QED) is 0.450. The third-order valence-corrected chi connectivity index (χ3v) is 3.36. The Morgan fingerprint density at radius 1 is 1.32 bits per heavy atom. The van der Waals surface area contributed by atoms with Crippen LogP contribution in [0.5, 0.6) is 5.75 Å². The number of phenolic OH excluding ortho intramolecular Hbond substituents is 1. The van der Waals surface area contributed by atoms with Gasteiger partial charge in [-0.2, -0.15) is 0 Å². The van der Waals surface area contributed by atoms with Crippen molar-refractivity contribution < 1.29 is 23.9 Å². The van der Waals surface area contributed by atoms with E-state index in [1.165, 1.54) is 23.9 Å². The van der Waals surface area contributed by atoms with Crippen LogP contribution in [-0.2, 0) is 14.4 Å². The second-order valence-corrected chi connectivity index (χ2v) is 5.48. The molecule has 1 aromatic carbocycles. The van der Waals surface area contributed by atoms with Crippen LogP contribution < -0.4 is 10.6 Å². The molecule has 0 atom stereocenters. The molecule has 0 radical (unpaired) electrons. The number of benzene rings is 1. The number of halogens is 1. The Kier molecular flexibility index (Phi) is 7.64. The normalized spacial score (nSPS) is 10.1. The molecule has 3 N–H and O–H groups in total. The molecule has 0 saturated carbocycles. The summed E-state index contributed by atoms with van der Waals surface area (Å²) < 4.78 is 13.3. The molecule has 0 unspecified atom stereocenters. The molecule has 0 heterocycles. The van der Waals surface area contributed by atoms with Gasteiger partial charge in [-0.15, -0.1) is 0 Å². The number of anilines is 2. The fourth-order valence-corrected chi connectivity index (χ4v) is 2.19. The molecule has 8 nitrogen and oxygen atoms in total. The molecule has 0 aliphatic heterocycles. The highest BCUT2D eigenvalue weighted by atomic mass is 19.1. The topological polar surface area (TPSA) is 102 Å². The number of rotatable bonds is 9.